The first-order chi connectivity index (χ1) is 4.68. The van der Waals surface area contributed by atoms with Crippen molar-refractivity contribution in [2.24, 2.45) is 5.41 Å². The lowest BCUT2D eigenvalue weighted by atomic mass is 9.90. The van der Waals surface area contributed by atoms with E-state index < -0.39 is 0 Å². The van der Waals surface area contributed by atoms with Crippen LogP contribution in [0.3, 0.4) is 0 Å². The second-order valence-corrected chi connectivity index (χ2v) is 3.03. The van der Waals surface area contributed by atoms with Crippen LogP contribution in [0.2, 0.25) is 0 Å². The smallest absolute Gasteiger partial charge is 0.0537 e. The molecule has 0 aromatic rings. The van der Waals surface area contributed by atoms with Crippen molar-refractivity contribution >= 4 is 0 Å². The fourth-order valence-electron chi connectivity index (χ4n) is 0.943. The molecule has 0 spiro atoms. The molecule has 0 fully saturated rings. The quantitative estimate of drug-likeness (QED) is 0.644. The summed E-state index contributed by atoms with van der Waals surface area (Å²) in [5.74, 6) is 0. The van der Waals surface area contributed by atoms with Crippen molar-refractivity contribution in [2.75, 3.05) is 27.4 Å². The highest BCUT2D eigenvalue weighted by molar-refractivity contribution is 4.70. The minimum absolute atomic E-state index is 0. The molecule has 0 aliphatic heterocycles. The molecule has 0 bridgehead atoms. The molecule has 78 valence electrons. The topological polar surface area (TPSA) is 18.5 Å². The van der Waals surface area contributed by atoms with Gasteiger partial charge in [-0.25, -0.2) is 0 Å². The van der Waals surface area contributed by atoms with Crippen LogP contribution in [0, 0.1) is 5.41 Å². The van der Waals surface area contributed by atoms with E-state index >= 15 is 0 Å². The number of hydrogen-bond acceptors (Lipinski definition) is 2. The van der Waals surface area contributed by atoms with E-state index in [1.165, 1.54) is 0 Å². The Kier molecular flexibility index (Phi) is 13.4. The first-order valence-corrected chi connectivity index (χ1v) is 3.66. The van der Waals surface area contributed by atoms with Crippen LogP contribution in [-0.2, 0) is 9.47 Å². The monoisotopic (exact) mass is 178 g/mol. The van der Waals surface area contributed by atoms with Crippen molar-refractivity contribution in [1.29, 1.82) is 0 Å². The summed E-state index contributed by atoms with van der Waals surface area (Å²) in [7, 11) is 3.45. The Labute approximate surface area is 78.3 Å². The minimum Gasteiger partial charge on any atom is -0.384 e. The molecule has 0 amide bonds. The number of rotatable bonds is 5. The Morgan fingerprint density at radius 1 is 1.00 bits per heavy atom. The maximum absolute atomic E-state index is 5.07. The zero-order valence-corrected chi connectivity index (χ0v) is 7.44. The molecule has 0 aliphatic carbocycles. The van der Waals surface area contributed by atoms with Gasteiger partial charge >= 0.3 is 0 Å². The molecule has 12 heavy (non-hydrogen) atoms. The van der Waals surface area contributed by atoms with Crippen molar-refractivity contribution in [2.45, 2.75) is 35.1 Å². The van der Waals surface area contributed by atoms with Gasteiger partial charge < -0.3 is 9.47 Å². The van der Waals surface area contributed by atoms with Gasteiger partial charge in [-0.15, -0.1) is 0 Å². The zero-order valence-electron chi connectivity index (χ0n) is 7.44. The van der Waals surface area contributed by atoms with Crippen LogP contribution >= 0.6 is 0 Å². The molecule has 0 N–H and O–H groups in total. The van der Waals surface area contributed by atoms with Crippen molar-refractivity contribution in [3.63, 3.8) is 0 Å². The summed E-state index contributed by atoms with van der Waals surface area (Å²) in [6, 6.07) is 0. The highest BCUT2D eigenvalue weighted by Gasteiger charge is 2.21. The largest absolute Gasteiger partial charge is 0.384 e. The number of hydrogen-bond donors (Lipinski definition) is 0. The lowest BCUT2D eigenvalue weighted by Gasteiger charge is -2.25. The van der Waals surface area contributed by atoms with Crippen LogP contribution in [0.1, 0.15) is 35.1 Å². The van der Waals surface area contributed by atoms with Gasteiger partial charge in [0.15, 0.2) is 0 Å². The van der Waals surface area contributed by atoms with Crippen molar-refractivity contribution < 1.29 is 9.47 Å². The molecule has 0 aromatic heterocycles. The van der Waals surface area contributed by atoms with E-state index in [2.05, 4.69) is 13.8 Å². The molecule has 0 aliphatic rings. The molecule has 2 heteroatoms. The molecule has 0 atom stereocenters. The van der Waals surface area contributed by atoms with Gasteiger partial charge in [-0.3, -0.25) is 0 Å². The molecule has 2 nitrogen and oxygen atoms in total. The molecule has 0 saturated heterocycles. The van der Waals surface area contributed by atoms with Crippen LogP contribution in [0.5, 0.6) is 0 Å². The fourth-order valence-corrected chi connectivity index (χ4v) is 0.943. The van der Waals surface area contributed by atoms with Gasteiger partial charge in [-0.05, 0) is 6.42 Å². The Bertz CT molecular complexity index is 75.9. The van der Waals surface area contributed by atoms with Crippen molar-refractivity contribution in [3.05, 3.63) is 0 Å². The third-order valence-electron chi connectivity index (χ3n) is 1.84. The second-order valence-electron chi connectivity index (χ2n) is 3.03. The molecular formula is C10H26O2. The molecule has 0 aromatic carbocycles. The lowest BCUT2D eigenvalue weighted by molar-refractivity contribution is 0.0198. The molecule has 0 heterocycles. The van der Waals surface area contributed by atoms with E-state index in [9.17, 15) is 0 Å². The van der Waals surface area contributed by atoms with Crippen LogP contribution in [-0.4, -0.2) is 27.4 Å². The summed E-state index contributed by atoms with van der Waals surface area (Å²) in [5.41, 5.74) is 0.198. The first-order valence-electron chi connectivity index (χ1n) is 3.66. The Balaban J connectivity index is -0.000000405. The molecular weight excluding hydrogens is 152 g/mol. The molecule has 0 rings (SSSR count). The van der Waals surface area contributed by atoms with Gasteiger partial charge in [-0.2, -0.15) is 0 Å². The summed E-state index contributed by atoms with van der Waals surface area (Å²) < 4.78 is 10.1. The summed E-state index contributed by atoms with van der Waals surface area (Å²) in [6.07, 6.45) is 1.09. The Morgan fingerprint density at radius 3 is 1.50 bits per heavy atom. The third kappa shape index (κ3) is 6.62. The lowest BCUT2D eigenvalue weighted by Crippen LogP contribution is -2.27. The molecule has 0 radical (unpaired) electrons. The summed E-state index contributed by atoms with van der Waals surface area (Å²) >= 11 is 0. The van der Waals surface area contributed by atoms with Crippen LogP contribution in [0.15, 0.2) is 0 Å². The Morgan fingerprint density at radius 2 is 1.33 bits per heavy atom. The van der Waals surface area contributed by atoms with E-state index in [1.807, 2.05) is 0 Å². The van der Waals surface area contributed by atoms with Crippen LogP contribution in [0.4, 0.5) is 0 Å². The summed E-state index contributed by atoms with van der Waals surface area (Å²) in [5, 5.41) is 0. The SMILES string of the molecule is C.C.CCC(C)(COC)COC. The molecule has 0 unspecified atom stereocenters. The van der Waals surface area contributed by atoms with Gasteiger partial charge in [-0.1, -0.05) is 28.7 Å². The minimum atomic E-state index is 0. The number of ether oxygens (including phenoxy) is 2. The predicted molar refractivity (Wildman–Crippen MR) is 55.6 cm³/mol. The maximum atomic E-state index is 5.07. The van der Waals surface area contributed by atoms with Gasteiger partial charge in [0, 0.05) is 19.6 Å². The van der Waals surface area contributed by atoms with E-state index in [0.29, 0.717) is 0 Å². The van der Waals surface area contributed by atoms with E-state index in [4.69, 9.17) is 9.47 Å². The Hall–Kier alpha value is -0.0800. The first kappa shape index (κ1) is 17.9. The fraction of sp³-hybridized carbons (Fsp3) is 1.00. The van der Waals surface area contributed by atoms with Crippen molar-refractivity contribution in [1.82, 2.24) is 0 Å². The molecule has 0 saturated carbocycles. The van der Waals surface area contributed by atoms with Gasteiger partial charge in [0.25, 0.3) is 0 Å². The van der Waals surface area contributed by atoms with Gasteiger partial charge in [0.1, 0.15) is 0 Å². The summed E-state index contributed by atoms with van der Waals surface area (Å²) in [4.78, 5) is 0. The number of methoxy groups -OCH3 is 2. The highest BCUT2D eigenvalue weighted by Crippen LogP contribution is 2.20. The van der Waals surface area contributed by atoms with E-state index in [1.54, 1.807) is 14.2 Å². The van der Waals surface area contributed by atoms with Gasteiger partial charge in [0.2, 0.25) is 0 Å². The third-order valence-corrected chi connectivity index (χ3v) is 1.84. The summed E-state index contributed by atoms with van der Waals surface area (Å²) in [6.45, 7) is 5.87. The van der Waals surface area contributed by atoms with E-state index in [-0.39, 0.29) is 20.3 Å². The normalized spacial score (nSPS) is 10.0. The average Bonchev–Trinajstić information content (AvgIpc) is 1.89. The van der Waals surface area contributed by atoms with Crippen molar-refractivity contribution in [3.8, 4) is 0 Å². The maximum Gasteiger partial charge on any atom is 0.0537 e. The van der Waals surface area contributed by atoms with Crippen LogP contribution < -0.4 is 0 Å². The second kappa shape index (κ2) is 9.01. The van der Waals surface area contributed by atoms with E-state index in [0.717, 1.165) is 19.6 Å². The van der Waals surface area contributed by atoms with Gasteiger partial charge in [0.05, 0.1) is 13.2 Å². The average molecular weight is 178 g/mol. The highest BCUT2D eigenvalue weighted by atomic mass is 16.5. The predicted octanol–water partition coefficient (Wildman–Crippen LogP) is 2.97. The zero-order chi connectivity index (χ0) is 8.04. The standard InChI is InChI=1S/C8H18O2.2CH4/c1-5-8(2,6-9-3)7-10-4;;/h5-7H2,1-4H3;2*1H4. The van der Waals surface area contributed by atoms with Crippen LogP contribution in [0.25, 0.3) is 0 Å².